The van der Waals surface area contributed by atoms with Crippen molar-refractivity contribution in [2.75, 3.05) is 16.4 Å². The Morgan fingerprint density at radius 2 is 1.85 bits per heavy atom. The highest BCUT2D eigenvalue weighted by atomic mass is 32.2. The van der Waals surface area contributed by atoms with Gasteiger partial charge in [0.1, 0.15) is 0 Å². The Hall–Kier alpha value is -1.87. The molecule has 2 aliphatic rings. The molecule has 0 aliphatic carbocycles. The van der Waals surface area contributed by atoms with E-state index in [2.05, 4.69) is 4.99 Å². The molecule has 0 bridgehead atoms. The zero-order valence-corrected chi connectivity index (χ0v) is 16.1. The summed E-state index contributed by atoms with van der Waals surface area (Å²) in [5.41, 5.74) is 2.85. The van der Waals surface area contributed by atoms with Gasteiger partial charge in [-0.2, -0.15) is 4.99 Å². The lowest BCUT2D eigenvalue weighted by Gasteiger charge is -2.25. The summed E-state index contributed by atoms with van der Waals surface area (Å²) < 4.78 is 24.1. The van der Waals surface area contributed by atoms with Gasteiger partial charge < -0.3 is 14.8 Å². The summed E-state index contributed by atoms with van der Waals surface area (Å²) in [6, 6.07) is 5.60. The number of rotatable bonds is 4. The van der Waals surface area contributed by atoms with Crippen LogP contribution in [0.2, 0.25) is 0 Å². The maximum atomic E-state index is 12.0. The number of anilines is 1. The van der Waals surface area contributed by atoms with Gasteiger partial charge in [0.2, 0.25) is 5.91 Å². The van der Waals surface area contributed by atoms with Crippen LogP contribution in [0.5, 0.6) is 0 Å². The molecule has 0 aromatic heterocycles. The second-order valence-electron chi connectivity index (χ2n) is 6.68. The van der Waals surface area contributed by atoms with E-state index in [1.54, 1.807) is 0 Å². The SMILES string of the molecule is Cc1cc(C)cc(N2C(=NC(=O)CCC(=O)[O-])S[C@H]3CS(=O)(=O)C[C@@H]32)c1. The van der Waals surface area contributed by atoms with E-state index in [9.17, 15) is 23.1 Å². The number of sulfone groups is 1. The third kappa shape index (κ3) is 4.09. The van der Waals surface area contributed by atoms with Crippen LogP contribution >= 0.6 is 11.8 Å². The highest BCUT2D eigenvalue weighted by Crippen LogP contribution is 2.41. The standard InChI is InChI=1S/C17H20N2O5S2/c1-10-5-11(2)7-12(6-10)19-13-8-26(23,24)9-14(13)25-17(19)18-15(20)3-4-16(21)22/h5-7,13-14H,3-4,8-9H2,1-2H3,(H,21,22)/p-1/t13-,14-/m0/s1. The zero-order valence-electron chi connectivity index (χ0n) is 14.5. The number of hydrogen-bond acceptors (Lipinski definition) is 6. The van der Waals surface area contributed by atoms with Crippen molar-refractivity contribution in [1.29, 1.82) is 0 Å². The van der Waals surface area contributed by atoms with Crippen LogP contribution in [0, 0.1) is 13.8 Å². The molecule has 140 valence electrons. The van der Waals surface area contributed by atoms with E-state index in [-0.39, 0.29) is 35.6 Å². The first-order valence-corrected chi connectivity index (χ1v) is 10.9. The number of amides is 1. The number of benzene rings is 1. The lowest BCUT2D eigenvalue weighted by atomic mass is 10.1. The average Bonchev–Trinajstić information content (AvgIpc) is 2.94. The lowest BCUT2D eigenvalue weighted by Crippen LogP contribution is -2.37. The van der Waals surface area contributed by atoms with Crippen LogP contribution in [-0.4, -0.2) is 48.3 Å². The molecule has 2 aliphatic heterocycles. The Morgan fingerprint density at radius 1 is 1.19 bits per heavy atom. The van der Waals surface area contributed by atoms with Gasteiger partial charge in [0.15, 0.2) is 15.0 Å². The number of nitrogens with zero attached hydrogens (tertiary/aromatic N) is 2. The first-order valence-electron chi connectivity index (χ1n) is 8.20. The molecule has 1 aromatic carbocycles. The fraction of sp³-hybridized carbons (Fsp3) is 0.471. The maximum Gasteiger partial charge on any atom is 0.248 e. The minimum absolute atomic E-state index is 0.0178. The summed E-state index contributed by atoms with van der Waals surface area (Å²) in [7, 11) is -3.13. The third-order valence-corrected chi connectivity index (χ3v) is 7.52. The fourth-order valence-corrected chi connectivity index (χ4v) is 7.26. The van der Waals surface area contributed by atoms with Crippen molar-refractivity contribution < 1.29 is 23.1 Å². The Bertz CT molecular complexity index is 874. The van der Waals surface area contributed by atoms with Gasteiger partial charge in [-0.3, -0.25) is 4.79 Å². The second kappa shape index (κ2) is 7.03. The molecule has 0 saturated carbocycles. The molecule has 2 fully saturated rings. The van der Waals surface area contributed by atoms with Crippen LogP contribution in [-0.2, 0) is 19.4 Å². The number of aryl methyl sites for hydroxylation is 2. The van der Waals surface area contributed by atoms with Gasteiger partial charge in [0, 0.05) is 23.3 Å². The van der Waals surface area contributed by atoms with E-state index in [0.29, 0.717) is 5.17 Å². The molecule has 3 rings (SSSR count). The quantitative estimate of drug-likeness (QED) is 0.728. The van der Waals surface area contributed by atoms with Gasteiger partial charge >= 0.3 is 0 Å². The van der Waals surface area contributed by atoms with Gasteiger partial charge in [0.05, 0.1) is 17.5 Å². The molecule has 0 radical (unpaired) electrons. The molecule has 2 atom stereocenters. The Kier molecular flexibility index (Phi) is 5.12. The molecule has 7 nitrogen and oxygen atoms in total. The highest BCUT2D eigenvalue weighted by Gasteiger charge is 2.49. The summed E-state index contributed by atoms with van der Waals surface area (Å²) in [5.74, 6) is -1.78. The van der Waals surface area contributed by atoms with Crippen molar-refractivity contribution in [1.82, 2.24) is 0 Å². The summed E-state index contributed by atoms with van der Waals surface area (Å²) in [5, 5.41) is 10.8. The predicted molar refractivity (Wildman–Crippen MR) is 98.9 cm³/mol. The molecule has 0 N–H and O–H groups in total. The molecular formula is C17H19N2O5S2-. The van der Waals surface area contributed by atoms with Gasteiger partial charge in [-0.05, 0) is 43.5 Å². The first-order chi connectivity index (χ1) is 12.1. The monoisotopic (exact) mass is 395 g/mol. The van der Waals surface area contributed by atoms with E-state index >= 15 is 0 Å². The minimum atomic E-state index is -3.13. The number of carbonyl (C=O) groups excluding carboxylic acids is 2. The number of carboxylic acids is 1. The van der Waals surface area contributed by atoms with E-state index in [0.717, 1.165) is 16.8 Å². The smallest absolute Gasteiger partial charge is 0.248 e. The molecule has 9 heteroatoms. The number of amidine groups is 1. The van der Waals surface area contributed by atoms with Crippen molar-refractivity contribution in [3.05, 3.63) is 29.3 Å². The van der Waals surface area contributed by atoms with Crippen molar-refractivity contribution in [2.45, 2.75) is 38.0 Å². The van der Waals surface area contributed by atoms with E-state index < -0.39 is 21.7 Å². The van der Waals surface area contributed by atoms with Crippen molar-refractivity contribution in [2.24, 2.45) is 4.99 Å². The van der Waals surface area contributed by atoms with Crippen LogP contribution in [0.4, 0.5) is 5.69 Å². The Morgan fingerprint density at radius 3 is 2.46 bits per heavy atom. The van der Waals surface area contributed by atoms with Crippen LogP contribution < -0.4 is 10.0 Å². The van der Waals surface area contributed by atoms with Crippen LogP contribution in [0.25, 0.3) is 0 Å². The van der Waals surface area contributed by atoms with Gasteiger partial charge in [-0.15, -0.1) is 0 Å². The predicted octanol–water partition coefficient (Wildman–Crippen LogP) is 0.435. The number of carbonyl (C=O) groups is 2. The Labute approximate surface area is 156 Å². The van der Waals surface area contributed by atoms with E-state index in [1.165, 1.54) is 11.8 Å². The van der Waals surface area contributed by atoms with Crippen LogP contribution in [0.15, 0.2) is 23.2 Å². The number of aliphatic imine (C=N–C) groups is 1. The second-order valence-corrected chi connectivity index (χ2v) is 10.0. The number of aliphatic carboxylic acids is 1. The molecule has 0 unspecified atom stereocenters. The molecule has 2 heterocycles. The number of hydrogen-bond donors (Lipinski definition) is 0. The fourth-order valence-electron chi connectivity index (χ4n) is 3.33. The zero-order chi connectivity index (χ0) is 19.1. The molecular weight excluding hydrogens is 376 g/mol. The average molecular weight is 395 g/mol. The molecule has 2 saturated heterocycles. The molecule has 1 amide bonds. The van der Waals surface area contributed by atoms with E-state index in [4.69, 9.17) is 0 Å². The van der Waals surface area contributed by atoms with Crippen molar-refractivity contribution >= 4 is 44.3 Å². The highest BCUT2D eigenvalue weighted by molar-refractivity contribution is 8.16. The molecule has 26 heavy (non-hydrogen) atoms. The summed E-state index contributed by atoms with van der Waals surface area (Å²) in [6.07, 6.45) is -0.619. The largest absolute Gasteiger partial charge is 0.550 e. The first kappa shape index (κ1) is 18.9. The molecule has 0 spiro atoms. The summed E-state index contributed by atoms with van der Waals surface area (Å²) in [4.78, 5) is 28.5. The topological polar surface area (TPSA) is 107 Å². The van der Waals surface area contributed by atoms with Gasteiger partial charge in [-0.25, -0.2) is 8.42 Å². The van der Waals surface area contributed by atoms with Gasteiger partial charge in [0.25, 0.3) is 0 Å². The minimum Gasteiger partial charge on any atom is -0.550 e. The van der Waals surface area contributed by atoms with Crippen LogP contribution in [0.3, 0.4) is 0 Å². The third-order valence-electron chi connectivity index (χ3n) is 4.31. The van der Waals surface area contributed by atoms with Crippen molar-refractivity contribution in [3.8, 4) is 0 Å². The summed E-state index contributed by atoms with van der Waals surface area (Å²) in [6.45, 7) is 3.90. The van der Waals surface area contributed by atoms with Gasteiger partial charge in [-0.1, -0.05) is 17.8 Å². The normalized spacial score (nSPS) is 25.5. The Balaban J connectivity index is 1.96. The number of fused-ring (bicyclic) bond motifs is 1. The summed E-state index contributed by atoms with van der Waals surface area (Å²) >= 11 is 1.27. The van der Waals surface area contributed by atoms with Crippen molar-refractivity contribution in [3.63, 3.8) is 0 Å². The number of carboxylic acid groups (broad SMARTS) is 1. The lowest BCUT2D eigenvalue weighted by molar-refractivity contribution is -0.305. The van der Waals surface area contributed by atoms with E-state index in [1.807, 2.05) is 36.9 Å². The molecule has 1 aromatic rings. The number of thioether (sulfide) groups is 1. The van der Waals surface area contributed by atoms with Crippen LogP contribution in [0.1, 0.15) is 24.0 Å². The maximum absolute atomic E-state index is 12.0.